The van der Waals surface area contributed by atoms with E-state index in [-0.39, 0.29) is 11.8 Å². The number of halogens is 1. The van der Waals surface area contributed by atoms with Crippen molar-refractivity contribution in [1.82, 2.24) is 4.90 Å². The summed E-state index contributed by atoms with van der Waals surface area (Å²) in [4.78, 5) is 13.9. The van der Waals surface area contributed by atoms with Crippen LogP contribution in [-0.4, -0.2) is 36.3 Å². The van der Waals surface area contributed by atoms with E-state index in [2.05, 4.69) is 0 Å². The van der Waals surface area contributed by atoms with E-state index in [1.165, 1.54) is 0 Å². The number of fused-ring (bicyclic) bond motifs is 1. The zero-order valence-electron chi connectivity index (χ0n) is 16.3. The Morgan fingerprint density at radius 3 is 2.69 bits per heavy atom. The van der Waals surface area contributed by atoms with E-state index in [0.717, 1.165) is 17.6 Å². The topological polar surface area (TPSA) is 64.8 Å². The number of hydrogen-bond acceptors (Lipinski definition) is 4. The number of likely N-dealkylation sites (N-methyl/N-ethyl adjacent to an activating group) is 1. The van der Waals surface area contributed by atoms with Crippen molar-refractivity contribution in [1.29, 1.82) is 0 Å². The fourth-order valence-electron chi connectivity index (χ4n) is 2.92. The number of nitrogens with zero attached hydrogens (tertiary/aromatic N) is 1. The molecule has 0 aromatic heterocycles. The number of ether oxygens (including phenoxy) is 2. The van der Waals surface area contributed by atoms with E-state index >= 15 is 0 Å². The first-order valence-electron chi connectivity index (χ1n) is 9.08. The van der Waals surface area contributed by atoms with Gasteiger partial charge in [-0.3, -0.25) is 0 Å². The zero-order valence-corrected chi connectivity index (χ0v) is 16.3. The smallest absolute Gasteiger partial charge is 0.410 e. The largest absolute Gasteiger partial charge is 0.492 e. The minimum Gasteiger partial charge on any atom is -0.492 e. The lowest BCUT2D eigenvalue weighted by Crippen LogP contribution is -2.36. The lowest BCUT2D eigenvalue weighted by atomic mass is 9.97. The molecule has 1 aliphatic heterocycles. The molecule has 0 unspecified atom stereocenters. The highest BCUT2D eigenvalue weighted by Crippen LogP contribution is 2.39. The normalized spacial score (nSPS) is 14.0. The Bertz CT molecular complexity index is 708. The van der Waals surface area contributed by atoms with E-state index in [9.17, 15) is 9.18 Å². The predicted octanol–water partition coefficient (Wildman–Crippen LogP) is 4.39. The van der Waals surface area contributed by atoms with Gasteiger partial charge < -0.3 is 20.1 Å². The number of benzene rings is 1. The number of amides is 1. The first kappa shape index (κ1) is 20.1. The molecule has 0 spiro atoms. The Hall–Kier alpha value is -2.24. The van der Waals surface area contributed by atoms with Gasteiger partial charge in [0.15, 0.2) is 5.82 Å². The van der Waals surface area contributed by atoms with Gasteiger partial charge in [0, 0.05) is 25.1 Å². The van der Waals surface area contributed by atoms with Crippen molar-refractivity contribution >= 4 is 17.4 Å². The number of nitrogen functional groups attached to an aromatic ring is 1. The molecule has 2 N–H and O–H groups in total. The molecule has 5 nitrogen and oxygen atoms in total. The summed E-state index contributed by atoms with van der Waals surface area (Å²) >= 11 is 0. The van der Waals surface area contributed by atoms with Gasteiger partial charge in [-0.15, -0.1) is 0 Å². The minimum atomic E-state index is -0.559. The molecule has 6 heteroatoms. The summed E-state index contributed by atoms with van der Waals surface area (Å²) in [6.07, 6.45) is 2.79. The van der Waals surface area contributed by atoms with Crippen molar-refractivity contribution in [2.45, 2.75) is 53.1 Å². The van der Waals surface area contributed by atoms with Crippen LogP contribution in [0.25, 0.3) is 5.57 Å². The third-order valence-corrected chi connectivity index (χ3v) is 4.23. The highest BCUT2D eigenvalue weighted by Gasteiger charge is 2.25. The Morgan fingerprint density at radius 1 is 1.42 bits per heavy atom. The van der Waals surface area contributed by atoms with Crippen molar-refractivity contribution in [2.24, 2.45) is 0 Å². The predicted molar refractivity (Wildman–Crippen MR) is 102 cm³/mol. The molecular weight excluding hydrogens is 335 g/mol. The van der Waals surface area contributed by atoms with Crippen LogP contribution in [0.3, 0.4) is 0 Å². The fourth-order valence-corrected chi connectivity index (χ4v) is 2.92. The quantitative estimate of drug-likeness (QED) is 0.787. The molecule has 2 rings (SSSR count). The molecule has 0 bridgehead atoms. The van der Waals surface area contributed by atoms with Crippen LogP contribution in [0, 0.1) is 5.82 Å². The van der Waals surface area contributed by atoms with Gasteiger partial charge >= 0.3 is 6.09 Å². The summed E-state index contributed by atoms with van der Waals surface area (Å²) in [6, 6.07) is 1.65. The van der Waals surface area contributed by atoms with Crippen LogP contribution < -0.4 is 10.5 Å². The average molecular weight is 364 g/mol. The van der Waals surface area contributed by atoms with Crippen LogP contribution in [-0.2, 0) is 11.2 Å². The van der Waals surface area contributed by atoms with Gasteiger partial charge in [-0.05, 0) is 45.8 Å². The van der Waals surface area contributed by atoms with Gasteiger partial charge in [0.2, 0.25) is 0 Å². The standard InChI is InChI=1S/C20H29FN2O3/c1-6-13(8-10-23(7-2)19(24)26-20(3,4)5)16-17(21)15(22)12-14-9-11-25-18(14)16/h8,12H,6-7,9-11,22H2,1-5H3/b13-8+. The lowest BCUT2D eigenvalue weighted by molar-refractivity contribution is 0.0282. The molecule has 0 aliphatic carbocycles. The second-order valence-corrected chi connectivity index (χ2v) is 7.34. The van der Waals surface area contributed by atoms with Gasteiger partial charge in [-0.2, -0.15) is 0 Å². The van der Waals surface area contributed by atoms with Crippen molar-refractivity contribution in [3.05, 3.63) is 29.1 Å². The number of carbonyl (C=O) groups is 1. The fraction of sp³-hybridized carbons (Fsp3) is 0.550. The summed E-state index contributed by atoms with van der Waals surface area (Å²) in [6.45, 7) is 10.7. The van der Waals surface area contributed by atoms with Gasteiger partial charge in [0.05, 0.1) is 17.9 Å². The molecule has 1 amide bonds. The first-order valence-corrected chi connectivity index (χ1v) is 9.08. The van der Waals surface area contributed by atoms with Crippen LogP contribution in [0.5, 0.6) is 5.75 Å². The highest BCUT2D eigenvalue weighted by atomic mass is 19.1. The molecule has 144 valence electrons. The summed E-state index contributed by atoms with van der Waals surface area (Å²) in [7, 11) is 0. The second-order valence-electron chi connectivity index (χ2n) is 7.34. The molecular formula is C20H29FN2O3. The summed E-state index contributed by atoms with van der Waals surface area (Å²) in [5.74, 6) is 0.115. The Labute approximate surface area is 154 Å². The summed E-state index contributed by atoms with van der Waals surface area (Å²) in [5.41, 5.74) is 7.53. The number of allylic oxidation sites excluding steroid dienone is 1. The molecule has 1 aliphatic rings. The molecule has 1 aromatic carbocycles. The maximum Gasteiger partial charge on any atom is 0.410 e. The zero-order chi connectivity index (χ0) is 19.5. The SMILES string of the molecule is CC/C(=C\CN(CC)C(=O)OC(C)(C)C)c1c(F)c(N)cc2c1OCC2. The summed E-state index contributed by atoms with van der Waals surface area (Å²) < 4.78 is 25.8. The number of nitrogens with two attached hydrogens (primary N) is 1. The van der Waals surface area contributed by atoms with Gasteiger partial charge in [0.25, 0.3) is 0 Å². The third kappa shape index (κ3) is 4.48. The molecule has 0 saturated carbocycles. The van der Waals surface area contributed by atoms with E-state index in [1.807, 2.05) is 40.7 Å². The Morgan fingerprint density at radius 2 is 2.12 bits per heavy atom. The van der Waals surface area contributed by atoms with Crippen molar-refractivity contribution in [3.8, 4) is 5.75 Å². The monoisotopic (exact) mass is 364 g/mol. The van der Waals surface area contributed by atoms with Crippen LogP contribution >= 0.6 is 0 Å². The number of anilines is 1. The van der Waals surface area contributed by atoms with Crippen LogP contribution in [0.2, 0.25) is 0 Å². The van der Waals surface area contributed by atoms with Crippen molar-refractivity contribution < 1.29 is 18.7 Å². The molecule has 1 heterocycles. The third-order valence-electron chi connectivity index (χ3n) is 4.23. The lowest BCUT2D eigenvalue weighted by Gasteiger charge is -2.26. The number of hydrogen-bond donors (Lipinski definition) is 1. The average Bonchev–Trinajstić information content (AvgIpc) is 3.00. The molecule has 26 heavy (non-hydrogen) atoms. The first-order chi connectivity index (χ1) is 12.2. The second kappa shape index (κ2) is 7.98. The molecule has 0 atom stereocenters. The highest BCUT2D eigenvalue weighted by molar-refractivity contribution is 5.77. The van der Waals surface area contributed by atoms with E-state index < -0.39 is 11.4 Å². The minimum absolute atomic E-state index is 0.128. The van der Waals surface area contributed by atoms with E-state index in [0.29, 0.717) is 37.4 Å². The molecule has 0 saturated heterocycles. The van der Waals surface area contributed by atoms with Crippen molar-refractivity contribution in [3.63, 3.8) is 0 Å². The van der Waals surface area contributed by atoms with Crippen LogP contribution in [0.1, 0.15) is 52.2 Å². The van der Waals surface area contributed by atoms with Crippen LogP contribution in [0.4, 0.5) is 14.9 Å². The number of rotatable bonds is 5. The Balaban J connectivity index is 2.30. The maximum absolute atomic E-state index is 14.7. The van der Waals surface area contributed by atoms with Crippen molar-refractivity contribution in [2.75, 3.05) is 25.4 Å². The molecule has 0 radical (unpaired) electrons. The number of carbonyl (C=O) groups excluding carboxylic acids is 1. The van der Waals surface area contributed by atoms with Crippen LogP contribution in [0.15, 0.2) is 12.1 Å². The van der Waals surface area contributed by atoms with E-state index in [4.69, 9.17) is 15.2 Å². The molecule has 1 aromatic rings. The summed E-state index contributed by atoms with van der Waals surface area (Å²) in [5, 5.41) is 0. The molecule has 0 fully saturated rings. The van der Waals surface area contributed by atoms with Gasteiger partial charge in [-0.25, -0.2) is 9.18 Å². The van der Waals surface area contributed by atoms with E-state index in [1.54, 1.807) is 11.0 Å². The Kier molecular flexibility index (Phi) is 6.16. The maximum atomic E-state index is 14.7. The van der Waals surface area contributed by atoms with Gasteiger partial charge in [0.1, 0.15) is 11.4 Å². The van der Waals surface area contributed by atoms with Gasteiger partial charge in [-0.1, -0.05) is 13.0 Å².